The summed E-state index contributed by atoms with van der Waals surface area (Å²) in [5, 5.41) is 5.39. The van der Waals surface area contributed by atoms with Gasteiger partial charge in [-0.15, -0.1) is 11.3 Å². The maximum Gasteiger partial charge on any atom is 0.271 e. The number of rotatable bonds is 5. The van der Waals surface area contributed by atoms with Crippen LogP contribution in [0.1, 0.15) is 21.1 Å². The first-order valence-electron chi connectivity index (χ1n) is 7.03. The molecule has 5 heteroatoms. The number of carbonyl (C=O) groups excluding carboxylic acids is 1. The van der Waals surface area contributed by atoms with E-state index in [0.717, 1.165) is 11.6 Å². The molecule has 4 nitrogen and oxygen atoms in total. The Hall–Kier alpha value is -2.16. The highest BCUT2D eigenvalue weighted by molar-refractivity contribution is 7.09. The highest BCUT2D eigenvalue weighted by atomic mass is 32.1. The number of aryl methyl sites for hydroxylation is 1. The highest BCUT2D eigenvalue weighted by Crippen LogP contribution is 2.07. The van der Waals surface area contributed by atoms with Gasteiger partial charge in [-0.1, -0.05) is 42.2 Å². The molecule has 0 aliphatic heterocycles. The van der Waals surface area contributed by atoms with Gasteiger partial charge in [0.05, 0.1) is 18.1 Å². The van der Waals surface area contributed by atoms with Gasteiger partial charge < -0.3 is 5.32 Å². The van der Waals surface area contributed by atoms with Crippen molar-refractivity contribution in [3.63, 3.8) is 0 Å². The lowest BCUT2D eigenvalue weighted by Gasteiger charge is -2.12. The van der Waals surface area contributed by atoms with Crippen molar-refractivity contribution in [3.8, 4) is 11.8 Å². The van der Waals surface area contributed by atoms with Gasteiger partial charge in [0.2, 0.25) is 0 Å². The number of amides is 1. The Morgan fingerprint density at radius 1 is 1.32 bits per heavy atom. The molecule has 114 valence electrons. The van der Waals surface area contributed by atoms with E-state index >= 15 is 0 Å². The van der Waals surface area contributed by atoms with Crippen molar-refractivity contribution in [3.05, 3.63) is 52.0 Å². The number of aromatic nitrogens is 1. The van der Waals surface area contributed by atoms with Gasteiger partial charge in [0, 0.05) is 11.9 Å². The smallest absolute Gasteiger partial charge is 0.271 e. The molecule has 0 aliphatic rings. The molecule has 0 radical (unpaired) electrons. The molecular weight excluding hydrogens is 294 g/mol. The number of carbonyl (C=O) groups is 1. The van der Waals surface area contributed by atoms with Crippen molar-refractivity contribution in [2.75, 3.05) is 20.1 Å². The Kier molecular flexibility index (Phi) is 6.13. The van der Waals surface area contributed by atoms with Crippen LogP contribution in [0, 0.1) is 18.8 Å². The minimum Gasteiger partial charge on any atom is -0.340 e. The van der Waals surface area contributed by atoms with Crippen molar-refractivity contribution in [1.82, 2.24) is 15.2 Å². The van der Waals surface area contributed by atoms with Crippen molar-refractivity contribution in [2.24, 2.45) is 0 Å². The molecule has 0 saturated carbocycles. The highest BCUT2D eigenvalue weighted by Gasteiger charge is 2.07. The van der Waals surface area contributed by atoms with Crippen LogP contribution in [0.2, 0.25) is 0 Å². The predicted molar refractivity (Wildman–Crippen MR) is 89.7 cm³/mol. The summed E-state index contributed by atoms with van der Waals surface area (Å²) < 4.78 is 0. The molecule has 22 heavy (non-hydrogen) atoms. The quantitative estimate of drug-likeness (QED) is 0.862. The van der Waals surface area contributed by atoms with Crippen LogP contribution in [0.3, 0.4) is 0 Å². The number of nitrogens with zero attached hydrogens (tertiary/aromatic N) is 2. The van der Waals surface area contributed by atoms with Crippen LogP contribution in [-0.4, -0.2) is 35.9 Å². The second-order valence-electron chi connectivity index (χ2n) is 4.95. The molecule has 0 spiro atoms. The lowest BCUT2D eigenvalue weighted by Crippen LogP contribution is -2.24. The van der Waals surface area contributed by atoms with E-state index in [9.17, 15) is 4.79 Å². The first kappa shape index (κ1) is 16.2. The van der Waals surface area contributed by atoms with Gasteiger partial charge >= 0.3 is 0 Å². The third-order valence-corrected chi connectivity index (χ3v) is 3.73. The van der Waals surface area contributed by atoms with Gasteiger partial charge in [-0.05, 0) is 19.5 Å². The average molecular weight is 313 g/mol. The second kappa shape index (κ2) is 8.32. The van der Waals surface area contributed by atoms with E-state index in [1.165, 1.54) is 16.9 Å². The molecule has 2 aromatic rings. The van der Waals surface area contributed by atoms with Crippen molar-refractivity contribution < 1.29 is 4.79 Å². The molecule has 1 aromatic carbocycles. The Morgan fingerprint density at radius 3 is 2.77 bits per heavy atom. The Balaban J connectivity index is 1.69. The van der Waals surface area contributed by atoms with E-state index in [1.54, 1.807) is 5.38 Å². The SMILES string of the molecule is Cc1nc(C(=O)NCC#CCN(C)Cc2ccccc2)cs1. The van der Waals surface area contributed by atoms with Crippen LogP contribution in [0.15, 0.2) is 35.7 Å². The Bertz CT molecular complexity index is 670. The fourth-order valence-corrected chi connectivity index (χ4v) is 2.48. The monoisotopic (exact) mass is 313 g/mol. The van der Waals surface area contributed by atoms with Crippen LogP contribution >= 0.6 is 11.3 Å². The number of thiazole rings is 1. The first-order valence-corrected chi connectivity index (χ1v) is 7.91. The maximum absolute atomic E-state index is 11.8. The third kappa shape index (κ3) is 5.32. The van der Waals surface area contributed by atoms with Gasteiger partial charge in [0.25, 0.3) is 5.91 Å². The molecular formula is C17H19N3OS. The van der Waals surface area contributed by atoms with E-state index in [2.05, 4.69) is 39.2 Å². The van der Waals surface area contributed by atoms with Crippen molar-refractivity contribution >= 4 is 17.2 Å². The summed E-state index contributed by atoms with van der Waals surface area (Å²) in [4.78, 5) is 18.0. The summed E-state index contributed by atoms with van der Waals surface area (Å²) in [6, 6.07) is 10.3. The van der Waals surface area contributed by atoms with Gasteiger partial charge in [-0.3, -0.25) is 9.69 Å². The van der Waals surface area contributed by atoms with Gasteiger partial charge in [0.1, 0.15) is 5.69 Å². The van der Waals surface area contributed by atoms with Crippen molar-refractivity contribution in [2.45, 2.75) is 13.5 Å². The van der Waals surface area contributed by atoms with E-state index in [-0.39, 0.29) is 5.91 Å². The molecule has 0 bridgehead atoms. The molecule has 1 amide bonds. The zero-order valence-corrected chi connectivity index (χ0v) is 13.6. The minimum absolute atomic E-state index is 0.170. The fraction of sp³-hybridized carbons (Fsp3) is 0.294. The van der Waals surface area contributed by atoms with Crippen LogP contribution in [0.5, 0.6) is 0 Å². The number of benzene rings is 1. The van der Waals surface area contributed by atoms with Crippen LogP contribution < -0.4 is 5.32 Å². The molecule has 2 rings (SSSR count). The normalized spacial score (nSPS) is 10.1. The Morgan fingerprint density at radius 2 is 2.09 bits per heavy atom. The molecule has 0 fully saturated rings. The van der Waals surface area contributed by atoms with E-state index in [4.69, 9.17) is 0 Å². The van der Waals surface area contributed by atoms with Gasteiger partial charge in [0.15, 0.2) is 0 Å². The zero-order chi connectivity index (χ0) is 15.8. The van der Waals surface area contributed by atoms with Gasteiger partial charge in [-0.2, -0.15) is 0 Å². The van der Waals surface area contributed by atoms with E-state index < -0.39 is 0 Å². The lowest BCUT2D eigenvalue weighted by atomic mass is 10.2. The first-order chi connectivity index (χ1) is 10.6. The summed E-state index contributed by atoms with van der Waals surface area (Å²) in [6.07, 6.45) is 0. The van der Waals surface area contributed by atoms with Crippen LogP contribution in [0.4, 0.5) is 0 Å². The lowest BCUT2D eigenvalue weighted by molar-refractivity contribution is 0.0954. The zero-order valence-electron chi connectivity index (χ0n) is 12.8. The molecule has 0 aliphatic carbocycles. The second-order valence-corrected chi connectivity index (χ2v) is 6.01. The molecule has 0 unspecified atom stereocenters. The van der Waals surface area contributed by atoms with Crippen molar-refractivity contribution in [1.29, 1.82) is 0 Å². The maximum atomic E-state index is 11.8. The molecule has 1 heterocycles. The van der Waals surface area contributed by atoms with E-state index in [1.807, 2.05) is 32.2 Å². The summed E-state index contributed by atoms with van der Waals surface area (Å²) in [5.74, 6) is 5.85. The van der Waals surface area contributed by atoms with Crippen LogP contribution in [0.25, 0.3) is 0 Å². The number of nitrogens with one attached hydrogen (secondary N) is 1. The van der Waals surface area contributed by atoms with E-state index in [0.29, 0.717) is 18.8 Å². The standard InChI is InChI=1S/C17H19N3OS/c1-14-19-16(13-22-14)17(21)18-10-6-7-11-20(2)12-15-8-4-3-5-9-15/h3-5,8-9,13H,10-12H2,1-2H3,(H,18,21). The van der Waals surface area contributed by atoms with Gasteiger partial charge in [-0.25, -0.2) is 4.98 Å². The number of hydrogen-bond acceptors (Lipinski definition) is 4. The van der Waals surface area contributed by atoms with Crippen LogP contribution in [-0.2, 0) is 6.54 Å². The largest absolute Gasteiger partial charge is 0.340 e. The summed E-state index contributed by atoms with van der Waals surface area (Å²) in [5.41, 5.74) is 1.73. The average Bonchev–Trinajstić information content (AvgIpc) is 2.94. The summed E-state index contributed by atoms with van der Waals surface area (Å²) >= 11 is 1.47. The third-order valence-electron chi connectivity index (χ3n) is 2.96. The molecule has 0 atom stereocenters. The topological polar surface area (TPSA) is 45.2 Å². The summed E-state index contributed by atoms with van der Waals surface area (Å²) in [6.45, 7) is 3.75. The fourth-order valence-electron chi connectivity index (χ4n) is 1.89. The molecule has 1 N–H and O–H groups in total. The summed E-state index contributed by atoms with van der Waals surface area (Å²) in [7, 11) is 2.03. The number of hydrogen-bond donors (Lipinski definition) is 1. The predicted octanol–water partition coefficient (Wildman–Crippen LogP) is 2.32. The minimum atomic E-state index is -0.170. The molecule has 1 aromatic heterocycles. The molecule has 0 saturated heterocycles. The Labute approximate surface area is 135 Å².